The SMILES string of the molecule is CC(C)(C)OC(=O)N1C2CCC1CN(c1cccc([N+](=O)[O-])c1F)C2. The van der Waals surface area contributed by atoms with Crippen molar-refractivity contribution in [3.63, 3.8) is 0 Å². The Kier molecular flexibility index (Phi) is 4.30. The van der Waals surface area contributed by atoms with E-state index in [0.717, 1.165) is 18.9 Å². The minimum atomic E-state index is -0.822. The molecule has 2 heterocycles. The molecule has 2 unspecified atom stereocenters. The van der Waals surface area contributed by atoms with E-state index in [1.54, 1.807) is 15.9 Å². The Hall–Kier alpha value is -2.38. The number of nitrogens with zero attached hydrogens (tertiary/aromatic N) is 3. The Morgan fingerprint density at radius 2 is 1.88 bits per heavy atom. The minimum absolute atomic E-state index is 0.0766. The average Bonchev–Trinajstić information content (AvgIpc) is 2.76. The van der Waals surface area contributed by atoms with Gasteiger partial charge in [0.1, 0.15) is 5.60 Å². The zero-order valence-corrected chi connectivity index (χ0v) is 14.6. The number of hydrogen-bond donors (Lipinski definition) is 0. The van der Waals surface area contributed by atoms with Crippen LogP contribution >= 0.6 is 0 Å². The molecule has 0 radical (unpaired) electrons. The molecule has 0 N–H and O–H groups in total. The van der Waals surface area contributed by atoms with Crippen LogP contribution in [0.5, 0.6) is 0 Å². The molecule has 8 heteroatoms. The highest BCUT2D eigenvalue weighted by molar-refractivity contribution is 5.70. The number of rotatable bonds is 2. The third-order valence-corrected chi connectivity index (χ3v) is 4.58. The summed E-state index contributed by atoms with van der Waals surface area (Å²) in [5, 5.41) is 10.9. The number of amides is 1. The fraction of sp³-hybridized carbons (Fsp3) is 0.588. The Balaban J connectivity index is 1.80. The normalized spacial score (nSPS) is 22.9. The summed E-state index contributed by atoms with van der Waals surface area (Å²) >= 11 is 0. The fourth-order valence-corrected chi connectivity index (χ4v) is 3.61. The predicted octanol–water partition coefficient (Wildman–Crippen LogP) is 3.32. The van der Waals surface area contributed by atoms with Gasteiger partial charge in [0.05, 0.1) is 22.7 Å². The lowest BCUT2D eigenvalue weighted by Gasteiger charge is -2.42. The molecule has 7 nitrogen and oxygen atoms in total. The van der Waals surface area contributed by atoms with Gasteiger partial charge in [-0.1, -0.05) is 6.07 Å². The number of benzene rings is 1. The lowest BCUT2D eigenvalue weighted by Crippen LogP contribution is -2.57. The van der Waals surface area contributed by atoms with Gasteiger partial charge < -0.3 is 9.64 Å². The van der Waals surface area contributed by atoms with E-state index in [0.29, 0.717) is 13.1 Å². The molecule has 0 aromatic heterocycles. The molecule has 1 aromatic carbocycles. The van der Waals surface area contributed by atoms with Crippen molar-refractivity contribution in [3.8, 4) is 0 Å². The van der Waals surface area contributed by atoms with Gasteiger partial charge in [0.2, 0.25) is 5.82 Å². The maximum absolute atomic E-state index is 14.5. The van der Waals surface area contributed by atoms with Gasteiger partial charge in [-0.05, 0) is 39.7 Å². The standard InChI is InChI=1S/C17H22FN3O4/c1-17(2,3)25-16(22)20-11-7-8-12(20)10-19(9-11)13-5-4-6-14(15(13)18)21(23)24/h4-6,11-12H,7-10H2,1-3H3. The molecule has 1 aromatic rings. The van der Waals surface area contributed by atoms with E-state index in [9.17, 15) is 19.3 Å². The van der Waals surface area contributed by atoms with Gasteiger partial charge in [0.15, 0.2) is 0 Å². The molecule has 2 aliphatic heterocycles. The second-order valence-electron chi connectivity index (χ2n) is 7.54. The third kappa shape index (κ3) is 3.38. The van der Waals surface area contributed by atoms with E-state index in [-0.39, 0.29) is 23.9 Å². The van der Waals surface area contributed by atoms with E-state index >= 15 is 0 Å². The number of carbonyl (C=O) groups is 1. The molecule has 1 amide bonds. The summed E-state index contributed by atoms with van der Waals surface area (Å²) in [6, 6.07) is 4.04. The average molecular weight is 351 g/mol. The molecular formula is C17H22FN3O4. The minimum Gasteiger partial charge on any atom is -0.444 e. The summed E-state index contributed by atoms with van der Waals surface area (Å²) in [4.78, 5) is 26.2. The van der Waals surface area contributed by atoms with Crippen molar-refractivity contribution in [1.29, 1.82) is 0 Å². The molecule has 2 fully saturated rings. The van der Waals surface area contributed by atoms with Crippen LogP contribution in [0.15, 0.2) is 18.2 Å². The topological polar surface area (TPSA) is 75.9 Å². The largest absolute Gasteiger partial charge is 0.444 e. The molecule has 136 valence electrons. The van der Waals surface area contributed by atoms with Gasteiger partial charge in [-0.2, -0.15) is 4.39 Å². The van der Waals surface area contributed by atoms with Gasteiger partial charge >= 0.3 is 11.8 Å². The molecule has 2 saturated heterocycles. The van der Waals surface area contributed by atoms with Gasteiger partial charge in [-0.15, -0.1) is 0 Å². The first kappa shape index (κ1) is 17.4. The number of carbonyl (C=O) groups excluding carboxylic acids is 1. The third-order valence-electron chi connectivity index (χ3n) is 4.58. The van der Waals surface area contributed by atoms with Crippen molar-refractivity contribution >= 4 is 17.5 Å². The number of ether oxygens (including phenoxy) is 1. The van der Waals surface area contributed by atoms with Crippen LogP contribution in [0.3, 0.4) is 0 Å². The number of hydrogen-bond acceptors (Lipinski definition) is 5. The highest BCUT2D eigenvalue weighted by Gasteiger charge is 2.45. The first-order chi connectivity index (χ1) is 11.7. The quantitative estimate of drug-likeness (QED) is 0.603. The number of nitro benzene ring substituents is 1. The van der Waals surface area contributed by atoms with Crippen LogP contribution < -0.4 is 4.90 Å². The van der Waals surface area contributed by atoms with Gasteiger partial charge in [0, 0.05) is 19.2 Å². The number of halogens is 1. The number of piperazine rings is 1. The molecule has 2 aliphatic rings. The van der Waals surface area contributed by atoms with Crippen LogP contribution in [0.25, 0.3) is 0 Å². The maximum Gasteiger partial charge on any atom is 0.410 e. The monoisotopic (exact) mass is 351 g/mol. The Labute approximate surface area is 145 Å². The highest BCUT2D eigenvalue weighted by atomic mass is 19.1. The van der Waals surface area contributed by atoms with E-state index in [2.05, 4.69) is 0 Å². The smallest absolute Gasteiger partial charge is 0.410 e. The summed E-state index contributed by atoms with van der Waals surface area (Å²) in [5.74, 6) is -0.822. The number of nitro groups is 1. The zero-order valence-electron chi connectivity index (χ0n) is 14.6. The molecule has 0 saturated carbocycles. The second-order valence-corrected chi connectivity index (χ2v) is 7.54. The van der Waals surface area contributed by atoms with Crippen molar-refractivity contribution in [2.24, 2.45) is 0 Å². The van der Waals surface area contributed by atoms with Crippen molar-refractivity contribution in [2.45, 2.75) is 51.3 Å². The van der Waals surface area contributed by atoms with Crippen molar-refractivity contribution in [2.75, 3.05) is 18.0 Å². The summed E-state index contributed by atoms with van der Waals surface area (Å²) in [6.45, 7) is 6.34. The molecular weight excluding hydrogens is 329 g/mol. The number of anilines is 1. The second kappa shape index (κ2) is 6.16. The van der Waals surface area contributed by atoms with Crippen LogP contribution in [0.2, 0.25) is 0 Å². The Morgan fingerprint density at radius 3 is 2.40 bits per heavy atom. The molecule has 25 heavy (non-hydrogen) atoms. The molecule has 0 spiro atoms. The maximum atomic E-state index is 14.5. The van der Waals surface area contributed by atoms with Gasteiger partial charge in [-0.3, -0.25) is 15.0 Å². The fourth-order valence-electron chi connectivity index (χ4n) is 3.61. The van der Waals surface area contributed by atoms with E-state index in [4.69, 9.17) is 4.74 Å². The van der Waals surface area contributed by atoms with E-state index < -0.39 is 22.0 Å². The van der Waals surface area contributed by atoms with Crippen LogP contribution in [-0.4, -0.2) is 46.7 Å². The molecule has 0 aliphatic carbocycles. The first-order valence-corrected chi connectivity index (χ1v) is 8.36. The van der Waals surface area contributed by atoms with Crippen LogP contribution in [0, 0.1) is 15.9 Å². The summed E-state index contributed by atoms with van der Waals surface area (Å²) in [5.41, 5.74) is -0.880. The van der Waals surface area contributed by atoms with Crippen molar-refractivity contribution in [1.82, 2.24) is 4.90 Å². The van der Waals surface area contributed by atoms with E-state index in [1.807, 2.05) is 20.8 Å². The summed E-state index contributed by atoms with van der Waals surface area (Å²) in [7, 11) is 0. The Bertz CT molecular complexity index is 690. The number of fused-ring (bicyclic) bond motifs is 2. The molecule has 2 bridgehead atoms. The lowest BCUT2D eigenvalue weighted by atomic mass is 10.1. The van der Waals surface area contributed by atoms with Gasteiger partial charge in [-0.25, -0.2) is 4.79 Å². The highest BCUT2D eigenvalue weighted by Crippen LogP contribution is 2.36. The predicted molar refractivity (Wildman–Crippen MR) is 90.2 cm³/mol. The summed E-state index contributed by atoms with van der Waals surface area (Å²) < 4.78 is 20.0. The summed E-state index contributed by atoms with van der Waals surface area (Å²) in [6.07, 6.45) is 1.28. The zero-order chi connectivity index (χ0) is 18.4. The first-order valence-electron chi connectivity index (χ1n) is 8.36. The van der Waals surface area contributed by atoms with E-state index in [1.165, 1.54) is 6.07 Å². The van der Waals surface area contributed by atoms with Crippen LogP contribution in [-0.2, 0) is 4.74 Å². The lowest BCUT2D eigenvalue weighted by molar-refractivity contribution is -0.387. The van der Waals surface area contributed by atoms with Gasteiger partial charge in [0.25, 0.3) is 0 Å². The van der Waals surface area contributed by atoms with Crippen LogP contribution in [0.1, 0.15) is 33.6 Å². The van der Waals surface area contributed by atoms with Crippen molar-refractivity contribution in [3.05, 3.63) is 34.1 Å². The molecule has 3 rings (SSSR count). The Morgan fingerprint density at radius 1 is 1.28 bits per heavy atom. The van der Waals surface area contributed by atoms with Crippen LogP contribution in [0.4, 0.5) is 20.6 Å². The van der Waals surface area contributed by atoms with Crippen molar-refractivity contribution < 1.29 is 18.8 Å². The molecule has 2 atom stereocenters.